The van der Waals surface area contributed by atoms with Gasteiger partial charge in [-0.15, -0.1) is 0 Å². The predicted octanol–water partition coefficient (Wildman–Crippen LogP) is 1.61. The van der Waals surface area contributed by atoms with Gasteiger partial charge in [0.2, 0.25) is 5.91 Å². The zero-order valence-corrected chi connectivity index (χ0v) is 18.1. The molecule has 3 atom stereocenters. The number of hydrogen-bond donors (Lipinski definition) is 3. The Bertz CT molecular complexity index is 1290. The standard InChI is InChI=1S/C24H24FN5O3/c1-27-24(33)23(15-2-3-20-21(9-15)29-22(32)11-28-20)19(13-30-5-4-18(31)12-30)16-6-14(10-26)7-17(25)8-16/h2-3,6-9,11,18-19,23,31H,4-5,12-13H2,1H3,(H,27,33)(H,29,32)/t18-,19+,23?/m0/s1. The van der Waals surface area contributed by atoms with Crippen LogP contribution in [0.2, 0.25) is 0 Å². The number of nitriles is 1. The fourth-order valence-corrected chi connectivity index (χ4v) is 4.53. The van der Waals surface area contributed by atoms with Gasteiger partial charge >= 0.3 is 0 Å². The van der Waals surface area contributed by atoms with Crippen molar-refractivity contribution in [2.45, 2.75) is 24.4 Å². The number of carbonyl (C=O) groups is 1. The molecule has 1 unspecified atom stereocenters. The number of H-pyrrole nitrogens is 1. The number of halogens is 1. The Morgan fingerprint density at radius 3 is 2.88 bits per heavy atom. The Labute approximate surface area is 189 Å². The topological polar surface area (TPSA) is 122 Å². The molecule has 1 saturated heterocycles. The van der Waals surface area contributed by atoms with Gasteiger partial charge in [0, 0.05) is 32.6 Å². The van der Waals surface area contributed by atoms with Gasteiger partial charge in [-0.25, -0.2) is 9.37 Å². The SMILES string of the molecule is CNC(=O)C(c1ccc2ncc(=O)[nH]c2c1)[C@H](CN1CC[C@H](O)C1)c1cc(F)cc(C#N)c1. The van der Waals surface area contributed by atoms with Gasteiger partial charge in [-0.2, -0.15) is 5.26 Å². The molecule has 4 rings (SSSR count). The van der Waals surface area contributed by atoms with Gasteiger partial charge in [-0.1, -0.05) is 6.07 Å². The average Bonchev–Trinajstić information content (AvgIpc) is 3.22. The van der Waals surface area contributed by atoms with Crippen LogP contribution in [0, 0.1) is 17.1 Å². The van der Waals surface area contributed by atoms with Crippen LogP contribution in [0.15, 0.2) is 47.4 Å². The Balaban J connectivity index is 1.85. The van der Waals surface area contributed by atoms with Crippen molar-refractivity contribution in [3.63, 3.8) is 0 Å². The molecule has 2 aromatic carbocycles. The summed E-state index contributed by atoms with van der Waals surface area (Å²) in [5.41, 5.74) is 2.01. The van der Waals surface area contributed by atoms with Gasteiger partial charge in [0.25, 0.3) is 5.56 Å². The summed E-state index contributed by atoms with van der Waals surface area (Å²) in [5, 5.41) is 22.1. The molecule has 1 amide bonds. The Hall–Kier alpha value is -3.61. The summed E-state index contributed by atoms with van der Waals surface area (Å²) in [6, 6.07) is 11.3. The summed E-state index contributed by atoms with van der Waals surface area (Å²) in [5.74, 6) is -2.10. The zero-order valence-electron chi connectivity index (χ0n) is 18.1. The number of likely N-dealkylation sites (tertiary alicyclic amines) is 1. The van der Waals surface area contributed by atoms with E-state index in [9.17, 15) is 24.3 Å². The van der Waals surface area contributed by atoms with Crippen LogP contribution in [0.25, 0.3) is 11.0 Å². The smallest absolute Gasteiger partial charge is 0.266 e. The van der Waals surface area contributed by atoms with E-state index in [0.29, 0.717) is 48.2 Å². The molecule has 8 nitrogen and oxygen atoms in total. The maximum absolute atomic E-state index is 14.4. The third kappa shape index (κ3) is 4.92. The first-order chi connectivity index (χ1) is 15.9. The van der Waals surface area contributed by atoms with Crippen LogP contribution in [0.5, 0.6) is 0 Å². The van der Waals surface area contributed by atoms with Gasteiger partial charge in [0.15, 0.2) is 0 Å². The normalized spacial score (nSPS) is 18.1. The van der Waals surface area contributed by atoms with Crippen molar-refractivity contribution in [3.05, 3.63) is 75.5 Å². The third-order valence-corrected chi connectivity index (χ3v) is 6.07. The van der Waals surface area contributed by atoms with Crippen LogP contribution >= 0.6 is 0 Å². The van der Waals surface area contributed by atoms with Crippen molar-refractivity contribution in [2.24, 2.45) is 0 Å². The number of fused-ring (bicyclic) bond motifs is 1. The number of aromatic amines is 1. The second kappa shape index (κ2) is 9.48. The van der Waals surface area contributed by atoms with E-state index < -0.39 is 23.8 Å². The number of β-amino-alcohol motifs (C(OH)–C–C–N with tert-alkyl or cyclic N) is 1. The van der Waals surface area contributed by atoms with E-state index in [1.54, 1.807) is 24.3 Å². The second-order valence-electron chi connectivity index (χ2n) is 8.31. The lowest BCUT2D eigenvalue weighted by Gasteiger charge is -2.31. The summed E-state index contributed by atoms with van der Waals surface area (Å²) >= 11 is 0. The number of nitrogens with one attached hydrogen (secondary N) is 2. The number of nitrogens with zero attached hydrogens (tertiary/aromatic N) is 3. The molecule has 1 fully saturated rings. The van der Waals surface area contributed by atoms with Gasteiger partial charge in [0.05, 0.1) is 40.9 Å². The molecule has 0 saturated carbocycles. The van der Waals surface area contributed by atoms with E-state index >= 15 is 0 Å². The molecule has 9 heteroatoms. The highest BCUT2D eigenvalue weighted by molar-refractivity contribution is 5.86. The molecule has 2 heterocycles. The molecule has 0 aliphatic carbocycles. The van der Waals surface area contributed by atoms with E-state index in [0.717, 1.165) is 6.07 Å². The van der Waals surface area contributed by atoms with E-state index in [4.69, 9.17) is 0 Å². The Morgan fingerprint density at radius 2 is 2.18 bits per heavy atom. The summed E-state index contributed by atoms with van der Waals surface area (Å²) in [6.07, 6.45) is 1.35. The van der Waals surface area contributed by atoms with Gasteiger partial charge in [-0.3, -0.25) is 9.59 Å². The largest absolute Gasteiger partial charge is 0.392 e. The van der Waals surface area contributed by atoms with Crippen LogP contribution in [0.3, 0.4) is 0 Å². The molecule has 3 aromatic rings. The van der Waals surface area contributed by atoms with Crippen molar-refractivity contribution in [3.8, 4) is 6.07 Å². The van der Waals surface area contributed by atoms with Crippen molar-refractivity contribution in [1.29, 1.82) is 5.26 Å². The summed E-state index contributed by atoms with van der Waals surface area (Å²) < 4.78 is 14.4. The van der Waals surface area contributed by atoms with Crippen molar-refractivity contribution < 1.29 is 14.3 Å². The van der Waals surface area contributed by atoms with E-state index in [2.05, 4.69) is 15.3 Å². The maximum atomic E-state index is 14.4. The lowest BCUT2D eigenvalue weighted by atomic mass is 9.79. The number of hydrogen-bond acceptors (Lipinski definition) is 6. The average molecular weight is 449 g/mol. The summed E-state index contributed by atoms with van der Waals surface area (Å²) in [4.78, 5) is 33.8. The molecule has 1 aliphatic heterocycles. The highest BCUT2D eigenvalue weighted by Gasteiger charge is 2.34. The van der Waals surface area contributed by atoms with Crippen molar-refractivity contribution in [1.82, 2.24) is 20.2 Å². The van der Waals surface area contributed by atoms with E-state index in [1.165, 1.54) is 19.3 Å². The number of aliphatic hydroxyl groups is 1. The highest BCUT2D eigenvalue weighted by Crippen LogP contribution is 2.36. The van der Waals surface area contributed by atoms with Crippen molar-refractivity contribution in [2.75, 3.05) is 26.7 Å². The number of rotatable bonds is 6. The number of likely N-dealkylation sites (N-methyl/N-ethyl adjacent to an activating group) is 1. The Kier molecular flexibility index (Phi) is 6.49. The first kappa shape index (κ1) is 22.6. The predicted molar refractivity (Wildman–Crippen MR) is 120 cm³/mol. The van der Waals surface area contributed by atoms with Gasteiger partial charge in [-0.05, 0) is 47.9 Å². The second-order valence-corrected chi connectivity index (χ2v) is 8.31. The van der Waals surface area contributed by atoms with E-state index in [-0.39, 0.29) is 17.0 Å². The quantitative estimate of drug-likeness (QED) is 0.526. The van der Waals surface area contributed by atoms with Crippen LogP contribution in [0.4, 0.5) is 4.39 Å². The van der Waals surface area contributed by atoms with Crippen LogP contribution < -0.4 is 10.9 Å². The maximum Gasteiger partial charge on any atom is 0.266 e. The van der Waals surface area contributed by atoms with Gasteiger partial charge < -0.3 is 20.3 Å². The number of carbonyl (C=O) groups excluding carboxylic acids is 1. The minimum Gasteiger partial charge on any atom is -0.392 e. The highest BCUT2D eigenvalue weighted by atomic mass is 19.1. The summed E-state index contributed by atoms with van der Waals surface area (Å²) in [6.45, 7) is 1.48. The lowest BCUT2D eigenvalue weighted by molar-refractivity contribution is -0.122. The molecule has 33 heavy (non-hydrogen) atoms. The third-order valence-electron chi connectivity index (χ3n) is 6.07. The number of aliphatic hydroxyl groups excluding tert-OH is 1. The molecule has 0 radical (unpaired) electrons. The minimum atomic E-state index is -0.741. The molecule has 1 aromatic heterocycles. The fourth-order valence-electron chi connectivity index (χ4n) is 4.53. The molecule has 0 spiro atoms. The number of benzene rings is 2. The molecule has 1 aliphatic rings. The minimum absolute atomic E-state index is 0.166. The lowest BCUT2D eigenvalue weighted by Crippen LogP contribution is -2.36. The monoisotopic (exact) mass is 449 g/mol. The summed E-state index contributed by atoms with van der Waals surface area (Å²) in [7, 11) is 1.53. The number of aromatic nitrogens is 2. The van der Waals surface area contributed by atoms with E-state index in [1.807, 2.05) is 11.0 Å². The zero-order chi connectivity index (χ0) is 23.5. The van der Waals surface area contributed by atoms with Crippen LogP contribution in [-0.4, -0.2) is 58.7 Å². The molecule has 3 N–H and O–H groups in total. The number of amides is 1. The molecule has 0 bridgehead atoms. The van der Waals surface area contributed by atoms with Crippen molar-refractivity contribution >= 4 is 16.9 Å². The first-order valence-electron chi connectivity index (χ1n) is 10.7. The van der Waals surface area contributed by atoms with Crippen LogP contribution in [-0.2, 0) is 4.79 Å². The Morgan fingerprint density at radius 1 is 1.36 bits per heavy atom. The molecular formula is C24H24FN5O3. The molecule has 170 valence electrons. The fraction of sp³-hybridized carbons (Fsp3) is 0.333. The van der Waals surface area contributed by atoms with Crippen LogP contribution in [0.1, 0.15) is 34.9 Å². The van der Waals surface area contributed by atoms with Gasteiger partial charge in [0.1, 0.15) is 5.82 Å². The molecular weight excluding hydrogens is 425 g/mol. The first-order valence-corrected chi connectivity index (χ1v) is 10.7.